The standard InChI is InChI=1S/C28H36BrClN4O/c1-2-9-35-27-11-21(3-4-25-5-6-26(30)13-28(25)29)10-22(12-27)14-31-7-8-34(19-23-15-32-16-23)20-24-17-33-18-24/h2-6,10-13,23-24,31-33H,1,7-9,14-20H2/b4-3+. The van der Waals surface area contributed by atoms with Crippen LogP contribution in [0.15, 0.2) is 53.5 Å². The van der Waals surface area contributed by atoms with Crippen molar-refractivity contribution in [3.63, 3.8) is 0 Å². The van der Waals surface area contributed by atoms with E-state index in [9.17, 15) is 0 Å². The smallest absolute Gasteiger partial charge is 0.120 e. The lowest BCUT2D eigenvalue weighted by Crippen LogP contribution is -2.53. The van der Waals surface area contributed by atoms with Gasteiger partial charge in [-0.15, -0.1) is 0 Å². The van der Waals surface area contributed by atoms with Crippen molar-refractivity contribution < 1.29 is 4.74 Å². The van der Waals surface area contributed by atoms with Crippen molar-refractivity contribution >= 4 is 39.7 Å². The van der Waals surface area contributed by atoms with Gasteiger partial charge in [0.2, 0.25) is 0 Å². The van der Waals surface area contributed by atoms with Gasteiger partial charge < -0.3 is 25.6 Å². The second-order valence-corrected chi connectivity index (χ2v) is 10.8. The van der Waals surface area contributed by atoms with Crippen LogP contribution < -0.4 is 20.7 Å². The molecule has 0 unspecified atom stereocenters. The average Bonchev–Trinajstić information content (AvgIpc) is 2.78. The molecule has 0 saturated carbocycles. The SMILES string of the molecule is C=CCOc1cc(/C=C/c2ccc(Cl)cc2Br)cc(CNCCN(CC2CNC2)CC2CNC2)c1. The molecule has 188 valence electrons. The highest BCUT2D eigenvalue weighted by atomic mass is 79.9. The molecule has 2 saturated heterocycles. The minimum Gasteiger partial charge on any atom is -0.490 e. The van der Waals surface area contributed by atoms with Crippen LogP contribution in [-0.2, 0) is 6.54 Å². The summed E-state index contributed by atoms with van der Waals surface area (Å²) >= 11 is 9.67. The van der Waals surface area contributed by atoms with Crippen LogP contribution in [0, 0.1) is 11.8 Å². The summed E-state index contributed by atoms with van der Waals surface area (Å²) in [7, 11) is 0. The number of nitrogens with zero attached hydrogens (tertiary/aromatic N) is 1. The van der Waals surface area contributed by atoms with E-state index < -0.39 is 0 Å². The van der Waals surface area contributed by atoms with E-state index in [4.69, 9.17) is 16.3 Å². The van der Waals surface area contributed by atoms with Crippen LogP contribution in [0.5, 0.6) is 5.75 Å². The Hall–Kier alpha value is -1.67. The van der Waals surface area contributed by atoms with E-state index >= 15 is 0 Å². The monoisotopic (exact) mass is 558 g/mol. The van der Waals surface area contributed by atoms with Gasteiger partial charge in [0.25, 0.3) is 0 Å². The van der Waals surface area contributed by atoms with Gasteiger partial charge in [0.15, 0.2) is 0 Å². The van der Waals surface area contributed by atoms with Crippen LogP contribution >= 0.6 is 27.5 Å². The fraction of sp³-hybridized carbons (Fsp3) is 0.429. The number of nitrogens with one attached hydrogen (secondary N) is 3. The average molecular weight is 560 g/mol. The van der Waals surface area contributed by atoms with Gasteiger partial charge in [0.05, 0.1) is 0 Å². The predicted molar refractivity (Wildman–Crippen MR) is 151 cm³/mol. The molecule has 0 aliphatic carbocycles. The third-order valence-corrected chi connectivity index (χ3v) is 7.39. The molecule has 2 heterocycles. The quantitative estimate of drug-likeness (QED) is 0.178. The van der Waals surface area contributed by atoms with E-state index in [1.54, 1.807) is 6.08 Å². The van der Waals surface area contributed by atoms with E-state index in [0.717, 1.165) is 84.0 Å². The molecule has 5 nitrogen and oxygen atoms in total. The molecule has 2 aromatic carbocycles. The van der Waals surface area contributed by atoms with Gasteiger partial charge in [-0.1, -0.05) is 64.5 Å². The van der Waals surface area contributed by atoms with Gasteiger partial charge >= 0.3 is 0 Å². The van der Waals surface area contributed by atoms with Crippen LogP contribution in [0.3, 0.4) is 0 Å². The number of halogens is 2. The van der Waals surface area contributed by atoms with Crippen LogP contribution in [0.1, 0.15) is 16.7 Å². The van der Waals surface area contributed by atoms with Crippen LogP contribution in [-0.4, -0.2) is 63.9 Å². The molecule has 35 heavy (non-hydrogen) atoms. The molecule has 0 aromatic heterocycles. The highest BCUT2D eigenvalue weighted by Crippen LogP contribution is 2.25. The number of hydrogen-bond acceptors (Lipinski definition) is 5. The minimum atomic E-state index is 0.490. The summed E-state index contributed by atoms with van der Waals surface area (Å²) in [4.78, 5) is 2.64. The van der Waals surface area contributed by atoms with E-state index in [1.807, 2.05) is 18.2 Å². The topological polar surface area (TPSA) is 48.6 Å². The van der Waals surface area contributed by atoms with Crippen molar-refractivity contribution in [3.05, 3.63) is 75.2 Å². The lowest BCUT2D eigenvalue weighted by Gasteiger charge is -2.37. The number of hydrogen-bond donors (Lipinski definition) is 3. The predicted octanol–water partition coefficient (Wildman–Crippen LogP) is 4.67. The van der Waals surface area contributed by atoms with Gasteiger partial charge in [-0.2, -0.15) is 0 Å². The fourth-order valence-electron chi connectivity index (χ4n) is 4.36. The van der Waals surface area contributed by atoms with Crippen LogP contribution in [0.4, 0.5) is 0 Å². The Balaban J connectivity index is 1.35. The van der Waals surface area contributed by atoms with Crippen molar-refractivity contribution in [2.24, 2.45) is 11.8 Å². The first-order valence-corrected chi connectivity index (χ1v) is 13.6. The zero-order valence-corrected chi connectivity index (χ0v) is 22.6. The first-order valence-electron chi connectivity index (χ1n) is 12.4. The molecule has 2 aromatic rings. The Kier molecular flexibility index (Phi) is 10.2. The van der Waals surface area contributed by atoms with Gasteiger partial charge in [-0.3, -0.25) is 0 Å². The van der Waals surface area contributed by atoms with E-state index in [2.05, 4.69) is 73.7 Å². The Morgan fingerprint density at radius 2 is 1.80 bits per heavy atom. The molecule has 0 radical (unpaired) electrons. The highest BCUT2D eigenvalue weighted by molar-refractivity contribution is 9.10. The normalized spacial score (nSPS) is 16.4. The molecular formula is C28H36BrClN4O. The molecule has 0 atom stereocenters. The van der Waals surface area contributed by atoms with Crippen molar-refractivity contribution in [3.8, 4) is 5.75 Å². The zero-order valence-electron chi connectivity index (χ0n) is 20.2. The lowest BCUT2D eigenvalue weighted by atomic mass is 9.99. The molecular weight excluding hydrogens is 524 g/mol. The zero-order chi connectivity index (χ0) is 24.5. The van der Waals surface area contributed by atoms with Gasteiger partial charge in [-0.05, 0) is 52.8 Å². The summed E-state index contributed by atoms with van der Waals surface area (Å²) in [5, 5.41) is 11.2. The maximum Gasteiger partial charge on any atom is 0.120 e. The molecule has 4 rings (SSSR count). The molecule has 3 N–H and O–H groups in total. The molecule has 0 spiro atoms. The summed E-state index contributed by atoms with van der Waals surface area (Å²) in [5.41, 5.74) is 3.39. The molecule has 2 fully saturated rings. The molecule has 0 amide bonds. The molecule has 2 aliphatic rings. The van der Waals surface area contributed by atoms with Crippen LogP contribution in [0.2, 0.25) is 5.02 Å². The Bertz CT molecular complexity index is 990. The van der Waals surface area contributed by atoms with Crippen molar-refractivity contribution in [1.29, 1.82) is 0 Å². The van der Waals surface area contributed by atoms with Crippen molar-refractivity contribution in [2.45, 2.75) is 6.54 Å². The fourth-order valence-corrected chi connectivity index (χ4v) is 5.17. The largest absolute Gasteiger partial charge is 0.490 e. The summed E-state index contributed by atoms with van der Waals surface area (Å²) in [6, 6.07) is 12.2. The Labute approximate surface area is 223 Å². The summed E-state index contributed by atoms with van der Waals surface area (Å²) < 4.78 is 6.85. The maximum atomic E-state index is 6.08. The van der Waals surface area contributed by atoms with Crippen LogP contribution in [0.25, 0.3) is 12.2 Å². The molecule has 7 heteroatoms. The lowest BCUT2D eigenvalue weighted by molar-refractivity contribution is 0.150. The Morgan fingerprint density at radius 3 is 2.43 bits per heavy atom. The van der Waals surface area contributed by atoms with E-state index in [1.165, 1.54) is 18.7 Å². The third-order valence-electron chi connectivity index (χ3n) is 6.47. The minimum absolute atomic E-state index is 0.490. The second-order valence-electron chi connectivity index (χ2n) is 9.49. The second kappa shape index (κ2) is 13.6. The van der Waals surface area contributed by atoms with Gasteiger partial charge in [-0.25, -0.2) is 0 Å². The summed E-state index contributed by atoms with van der Waals surface area (Å²) in [6.45, 7) is 14.2. The van der Waals surface area contributed by atoms with Crippen molar-refractivity contribution in [2.75, 3.05) is 59.0 Å². The Morgan fingerprint density at radius 1 is 1.06 bits per heavy atom. The summed E-state index contributed by atoms with van der Waals surface area (Å²) in [5.74, 6) is 2.46. The first-order chi connectivity index (χ1) is 17.1. The van der Waals surface area contributed by atoms with Gasteiger partial charge in [0, 0.05) is 68.4 Å². The first kappa shape index (κ1) is 26.4. The molecule has 0 bridgehead atoms. The van der Waals surface area contributed by atoms with E-state index in [0.29, 0.717) is 6.61 Å². The van der Waals surface area contributed by atoms with Crippen molar-refractivity contribution in [1.82, 2.24) is 20.9 Å². The maximum absolute atomic E-state index is 6.08. The van der Waals surface area contributed by atoms with Gasteiger partial charge in [0.1, 0.15) is 12.4 Å². The number of ether oxygens (including phenoxy) is 1. The van der Waals surface area contributed by atoms with E-state index in [-0.39, 0.29) is 0 Å². The number of rotatable bonds is 14. The number of benzene rings is 2. The summed E-state index contributed by atoms with van der Waals surface area (Å²) in [6.07, 6.45) is 5.97. The molecule has 2 aliphatic heterocycles. The highest BCUT2D eigenvalue weighted by Gasteiger charge is 2.24. The third kappa shape index (κ3) is 8.45.